The van der Waals surface area contributed by atoms with Crippen LogP contribution in [0.25, 0.3) is 0 Å². The van der Waals surface area contributed by atoms with E-state index >= 15 is 0 Å². The van der Waals surface area contributed by atoms with Crippen LogP contribution in [0.1, 0.15) is 10.4 Å². The van der Waals surface area contributed by atoms with E-state index in [1.165, 1.54) is 10.6 Å². The molecule has 1 heterocycles. The van der Waals surface area contributed by atoms with Crippen molar-refractivity contribution in [3.63, 3.8) is 0 Å². The number of hydrogen-bond acceptors (Lipinski definition) is 5. The van der Waals surface area contributed by atoms with E-state index < -0.39 is 10.0 Å². The normalized spacial score (nSPS) is 15.9. The lowest BCUT2D eigenvalue weighted by Gasteiger charge is -2.33. The first-order valence-electron chi connectivity index (χ1n) is 9.20. The van der Waals surface area contributed by atoms with Crippen molar-refractivity contribution in [3.05, 3.63) is 60.2 Å². The van der Waals surface area contributed by atoms with E-state index in [0.29, 0.717) is 50.6 Å². The molecule has 1 saturated heterocycles. The summed E-state index contributed by atoms with van der Waals surface area (Å²) in [7, 11) is -3.12. The van der Waals surface area contributed by atoms with Crippen LogP contribution in [0, 0.1) is 0 Å². The maximum absolute atomic E-state index is 12.3. The minimum absolute atomic E-state index is 0.138. The molecule has 7 nitrogen and oxygen atoms in total. The van der Waals surface area contributed by atoms with Gasteiger partial charge in [-0.3, -0.25) is 9.69 Å². The summed E-state index contributed by atoms with van der Waals surface area (Å²) in [6.07, 6.45) is 1.24. The topological polar surface area (TPSA) is 79.0 Å². The zero-order valence-corrected chi connectivity index (χ0v) is 16.7. The van der Waals surface area contributed by atoms with Gasteiger partial charge in [-0.2, -0.15) is 4.31 Å². The molecule has 1 aliphatic heterocycles. The molecule has 0 bridgehead atoms. The van der Waals surface area contributed by atoms with Crippen LogP contribution >= 0.6 is 0 Å². The van der Waals surface area contributed by atoms with E-state index in [2.05, 4.69) is 10.2 Å². The van der Waals surface area contributed by atoms with E-state index in [9.17, 15) is 13.2 Å². The van der Waals surface area contributed by atoms with Gasteiger partial charge >= 0.3 is 0 Å². The Kier molecular flexibility index (Phi) is 6.66. The molecule has 0 aliphatic carbocycles. The predicted molar refractivity (Wildman–Crippen MR) is 108 cm³/mol. The number of carbonyl (C=O) groups is 1. The number of amides is 1. The van der Waals surface area contributed by atoms with E-state index in [0.717, 1.165) is 5.75 Å². The molecular weight excluding hydrogens is 378 g/mol. The summed E-state index contributed by atoms with van der Waals surface area (Å²) in [5, 5.41) is 2.90. The minimum Gasteiger partial charge on any atom is -0.457 e. The van der Waals surface area contributed by atoms with Crippen molar-refractivity contribution in [1.29, 1.82) is 0 Å². The lowest BCUT2D eigenvalue weighted by Crippen LogP contribution is -2.49. The molecule has 0 saturated carbocycles. The van der Waals surface area contributed by atoms with Gasteiger partial charge in [0.15, 0.2) is 0 Å². The first-order valence-corrected chi connectivity index (χ1v) is 11.1. The van der Waals surface area contributed by atoms with Crippen molar-refractivity contribution >= 4 is 15.9 Å². The van der Waals surface area contributed by atoms with Crippen molar-refractivity contribution in [1.82, 2.24) is 14.5 Å². The van der Waals surface area contributed by atoms with E-state index in [1.807, 2.05) is 30.3 Å². The maximum Gasteiger partial charge on any atom is 0.251 e. The molecule has 2 aromatic carbocycles. The van der Waals surface area contributed by atoms with Crippen LogP contribution in [0.2, 0.25) is 0 Å². The molecule has 0 aromatic heterocycles. The molecule has 0 radical (unpaired) electrons. The molecule has 0 unspecified atom stereocenters. The summed E-state index contributed by atoms with van der Waals surface area (Å²) < 4.78 is 30.3. The molecular formula is C20H25N3O4S. The molecule has 1 N–H and O–H groups in total. The number of rotatable bonds is 7. The first-order chi connectivity index (χ1) is 13.4. The number of ether oxygens (including phenoxy) is 1. The summed E-state index contributed by atoms with van der Waals surface area (Å²) >= 11 is 0. The number of carbonyl (C=O) groups excluding carboxylic acids is 1. The van der Waals surface area contributed by atoms with Gasteiger partial charge in [-0.05, 0) is 36.4 Å². The van der Waals surface area contributed by atoms with Gasteiger partial charge in [-0.1, -0.05) is 18.2 Å². The zero-order valence-electron chi connectivity index (χ0n) is 15.9. The standard InChI is InChI=1S/C20H25N3O4S/c1-28(25,26)23-15-13-22(14-16-23)12-11-21-20(24)17-7-9-19(10-8-17)27-18-5-3-2-4-6-18/h2-10H,11-16H2,1H3,(H,21,24). The number of nitrogens with zero attached hydrogens (tertiary/aromatic N) is 2. The molecule has 1 aliphatic rings. The highest BCUT2D eigenvalue weighted by atomic mass is 32.2. The fourth-order valence-corrected chi connectivity index (χ4v) is 3.84. The van der Waals surface area contributed by atoms with Crippen LogP contribution in [0.15, 0.2) is 54.6 Å². The van der Waals surface area contributed by atoms with Gasteiger partial charge in [0, 0.05) is 44.8 Å². The van der Waals surface area contributed by atoms with Gasteiger partial charge in [0.2, 0.25) is 10.0 Å². The quantitative estimate of drug-likeness (QED) is 0.763. The summed E-state index contributed by atoms with van der Waals surface area (Å²) in [6.45, 7) is 3.55. The third-order valence-corrected chi connectivity index (χ3v) is 5.91. The maximum atomic E-state index is 12.3. The Balaban J connectivity index is 1.42. The van der Waals surface area contributed by atoms with Crippen molar-refractivity contribution in [2.75, 3.05) is 45.5 Å². The molecule has 8 heteroatoms. The van der Waals surface area contributed by atoms with Crippen molar-refractivity contribution in [3.8, 4) is 11.5 Å². The van der Waals surface area contributed by atoms with Crippen molar-refractivity contribution < 1.29 is 17.9 Å². The van der Waals surface area contributed by atoms with E-state index in [1.54, 1.807) is 24.3 Å². The first kappa shape index (κ1) is 20.3. The Hall–Kier alpha value is -2.42. The predicted octanol–water partition coefficient (Wildman–Crippen LogP) is 1.79. The third-order valence-electron chi connectivity index (χ3n) is 4.61. The molecule has 1 amide bonds. The average Bonchev–Trinajstić information content (AvgIpc) is 2.69. The highest BCUT2D eigenvalue weighted by molar-refractivity contribution is 7.88. The number of nitrogens with one attached hydrogen (secondary N) is 1. The number of benzene rings is 2. The van der Waals surface area contributed by atoms with Gasteiger partial charge in [0.05, 0.1) is 6.26 Å². The van der Waals surface area contributed by atoms with Gasteiger partial charge in [-0.25, -0.2) is 8.42 Å². The average molecular weight is 404 g/mol. The van der Waals surface area contributed by atoms with Crippen molar-refractivity contribution in [2.45, 2.75) is 0 Å². The van der Waals surface area contributed by atoms with E-state index in [-0.39, 0.29) is 5.91 Å². The number of para-hydroxylation sites is 1. The lowest BCUT2D eigenvalue weighted by atomic mass is 10.2. The Morgan fingerprint density at radius 3 is 2.18 bits per heavy atom. The molecule has 0 spiro atoms. The molecule has 28 heavy (non-hydrogen) atoms. The molecule has 3 rings (SSSR count). The second kappa shape index (κ2) is 9.18. The summed E-state index contributed by atoms with van der Waals surface area (Å²) in [5.41, 5.74) is 0.572. The lowest BCUT2D eigenvalue weighted by molar-refractivity contribution is 0.0945. The van der Waals surface area contributed by atoms with Gasteiger partial charge in [-0.15, -0.1) is 0 Å². The minimum atomic E-state index is -3.12. The summed E-state index contributed by atoms with van der Waals surface area (Å²) in [6, 6.07) is 16.5. The smallest absolute Gasteiger partial charge is 0.251 e. The summed E-state index contributed by atoms with van der Waals surface area (Å²) in [5.74, 6) is 1.28. The van der Waals surface area contributed by atoms with E-state index in [4.69, 9.17) is 4.74 Å². The molecule has 150 valence electrons. The van der Waals surface area contributed by atoms with Crippen LogP contribution in [0.5, 0.6) is 11.5 Å². The Morgan fingerprint density at radius 1 is 0.964 bits per heavy atom. The van der Waals surface area contributed by atoms with Crippen LogP contribution in [-0.4, -0.2) is 69.1 Å². The highest BCUT2D eigenvalue weighted by Gasteiger charge is 2.22. The van der Waals surface area contributed by atoms with Crippen LogP contribution in [0.4, 0.5) is 0 Å². The second-order valence-corrected chi connectivity index (χ2v) is 8.68. The van der Waals surface area contributed by atoms with Crippen LogP contribution in [-0.2, 0) is 10.0 Å². The Bertz CT molecular complexity index is 877. The molecule has 2 aromatic rings. The zero-order chi connectivity index (χ0) is 20.0. The largest absolute Gasteiger partial charge is 0.457 e. The molecule has 0 atom stereocenters. The Labute approximate surface area is 166 Å². The number of piperazine rings is 1. The highest BCUT2D eigenvalue weighted by Crippen LogP contribution is 2.21. The van der Waals surface area contributed by atoms with Crippen LogP contribution < -0.4 is 10.1 Å². The fourth-order valence-electron chi connectivity index (χ4n) is 3.01. The molecule has 1 fully saturated rings. The van der Waals surface area contributed by atoms with Gasteiger partial charge in [0.25, 0.3) is 5.91 Å². The summed E-state index contributed by atoms with van der Waals surface area (Å²) in [4.78, 5) is 14.4. The fraction of sp³-hybridized carbons (Fsp3) is 0.350. The monoisotopic (exact) mass is 403 g/mol. The SMILES string of the molecule is CS(=O)(=O)N1CCN(CCNC(=O)c2ccc(Oc3ccccc3)cc2)CC1. The van der Waals surface area contributed by atoms with Gasteiger partial charge < -0.3 is 10.1 Å². The number of sulfonamides is 1. The Morgan fingerprint density at radius 2 is 1.57 bits per heavy atom. The number of hydrogen-bond donors (Lipinski definition) is 1. The van der Waals surface area contributed by atoms with Crippen molar-refractivity contribution in [2.24, 2.45) is 0 Å². The third kappa shape index (κ3) is 5.79. The van der Waals surface area contributed by atoms with Crippen LogP contribution in [0.3, 0.4) is 0 Å². The van der Waals surface area contributed by atoms with Gasteiger partial charge in [0.1, 0.15) is 11.5 Å². The second-order valence-electron chi connectivity index (χ2n) is 6.70.